The van der Waals surface area contributed by atoms with Crippen LogP contribution in [-0.2, 0) is 9.47 Å². The fraction of sp³-hybridized carbons (Fsp3) is 0.444. The van der Waals surface area contributed by atoms with Crippen molar-refractivity contribution in [3.8, 4) is 0 Å². The number of aliphatic hydroxyl groups is 3. The number of alkyl halides is 3. The van der Waals surface area contributed by atoms with Crippen LogP contribution in [0.25, 0.3) is 0 Å². The fourth-order valence-electron chi connectivity index (χ4n) is 3.33. The second-order valence-electron chi connectivity index (χ2n) is 6.69. The summed E-state index contributed by atoms with van der Waals surface area (Å²) in [5, 5.41) is 30.9. The number of ether oxygens (including phenoxy) is 2. The number of hydrogen-bond donors (Lipinski definition) is 4. The number of halogens is 3. The average Bonchev–Trinajstić information content (AvgIpc) is 3.01. The van der Waals surface area contributed by atoms with Gasteiger partial charge in [0.1, 0.15) is 18.3 Å². The molecule has 0 aromatic heterocycles. The molecule has 2 heterocycles. The Balaban J connectivity index is 2.11. The first-order chi connectivity index (χ1) is 14.1. The van der Waals surface area contributed by atoms with E-state index in [0.29, 0.717) is 18.2 Å². The van der Waals surface area contributed by atoms with E-state index in [0.717, 1.165) is 0 Å². The summed E-state index contributed by atoms with van der Waals surface area (Å²) in [4.78, 5) is 26.0. The molecular weight excluding hydrogens is 413 g/mol. The van der Waals surface area contributed by atoms with E-state index >= 15 is 0 Å². The van der Waals surface area contributed by atoms with E-state index in [9.17, 15) is 38.1 Å². The Morgan fingerprint density at radius 2 is 1.90 bits per heavy atom. The molecule has 5 atom stereocenters. The third-order valence-electron chi connectivity index (χ3n) is 4.94. The molecule has 4 N–H and O–H groups in total. The van der Waals surface area contributed by atoms with Crippen molar-refractivity contribution in [2.24, 2.45) is 0 Å². The van der Waals surface area contributed by atoms with E-state index in [-0.39, 0.29) is 5.56 Å². The third-order valence-corrected chi connectivity index (χ3v) is 4.94. The molecule has 2 aliphatic rings. The monoisotopic (exact) mass is 432 g/mol. The van der Waals surface area contributed by atoms with Crippen molar-refractivity contribution >= 4 is 11.8 Å². The zero-order valence-electron chi connectivity index (χ0n) is 15.5. The molecule has 0 aliphatic carbocycles. The molecule has 2 aliphatic heterocycles. The summed E-state index contributed by atoms with van der Waals surface area (Å²) < 4.78 is 51.7. The van der Waals surface area contributed by atoms with Crippen molar-refractivity contribution in [1.82, 2.24) is 10.2 Å². The van der Waals surface area contributed by atoms with Crippen LogP contribution in [-0.4, -0.2) is 82.2 Å². The molecule has 9 nitrogen and oxygen atoms in total. The van der Waals surface area contributed by atoms with Crippen LogP contribution in [0, 0.1) is 0 Å². The molecule has 1 saturated heterocycles. The summed E-state index contributed by atoms with van der Waals surface area (Å²) in [6.07, 6.45) is -10.9. The van der Waals surface area contributed by atoms with E-state index < -0.39 is 60.4 Å². The highest BCUT2D eigenvalue weighted by Gasteiger charge is 2.64. The number of nitrogens with one attached hydrogen (secondary N) is 1. The largest absolute Gasteiger partial charge is 0.441 e. The molecule has 0 radical (unpaired) electrons. The number of ketones is 1. The van der Waals surface area contributed by atoms with Gasteiger partial charge in [-0.1, -0.05) is 30.3 Å². The molecular formula is C18H19F3N2O7. The number of carbonyl (C=O) groups is 2. The van der Waals surface area contributed by atoms with E-state index in [4.69, 9.17) is 4.74 Å². The number of carbonyl (C=O) groups excluding carboxylic acids is 2. The first-order valence-corrected chi connectivity index (χ1v) is 8.74. The van der Waals surface area contributed by atoms with Crippen LogP contribution in [0.2, 0.25) is 0 Å². The molecule has 164 valence electrons. The minimum absolute atomic E-state index is 0.105. The SMILES string of the molecule is COC1(C(F)(F)F)NC(=O)N([C@@H]2O[C@H](CO)[C@@H](O)[C@H]2O)C=C1C(=O)c1ccccc1. The van der Waals surface area contributed by atoms with Crippen molar-refractivity contribution in [3.05, 3.63) is 47.7 Å². The summed E-state index contributed by atoms with van der Waals surface area (Å²) in [6.45, 7) is -0.714. The van der Waals surface area contributed by atoms with Gasteiger partial charge in [-0.3, -0.25) is 15.0 Å². The topological polar surface area (TPSA) is 129 Å². The van der Waals surface area contributed by atoms with Crippen LogP contribution < -0.4 is 5.32 Å². The van der Waals surface area contributed by atoms with Gasteiger partial charge in [-0.25, -0.2) is 4.79 Å². The normalized spacial score (nSPS) is 32.0. The number of urea groups is 1. The van der Waals surface area contributed by atoms with Gasteiger partial charge >= 0.3 is 12.2 Å². The molecule has 1 aromatic carbocycles. The summed E-state index contributed by atoms with van der Waals surface area (Å²) in [6, 6.07) is 5.63. The summed E-state index contributed by atoms with van der Waals surface area (Å²) in [5.41, 5.74) is -4.54. The second kappa shape index (κ2) is 7.96. The van der Waals surface area contributed by atoms with Gasteiger partial charge in [0.2, 0.25) is 0 Å². The Bertz CT molecular complexity index is 848. The number of hydrogen-bond acceptors (Lipinski definition) is 7. The Labute approximate surface area is 168 Å². The lowest BCUT2D eigenvalue weighted by atomic mass is 9.92. The van der Waals surface area contributed by atoms with Crippen molar-refractivity contribution in [2.75, 3.05) is 13.7 Å². The van der Waals surface area contributed by atoms with Crippen molar-refractivity contribution in [1.29, 1.82) is 0 Å². The van der Waals surface area contributed by atoms with Crippen molar-refractivity contribution in [3.63, 3.8) is 0 Å². The predicted octanol–water partition coefficient (Wildman–Crippen LogP) is 0.122. The number of nitrogens with zero attached hydrogens (tertiary/aromatic N) is 1. The number of aliphatic hydroxyl groups excluding tert-OH is 3. The minimum atomic E-state index is -5.22. The van der Waals surface area contributed by atoms with Crippen molar-refractivity contribution < 1.29 is 47.6 Å². The molecule has 0 bridgehead atoms. The Morgan fingerprint density at radius 3 is 2.40 bits per heavy atom. The van der Waals surface area contributed by atoms with Crippen LogP contribution in [0.1, 0.15) is 10.4 Å². The zero-order chi connectivity index (χ0) is 22.3. The van der Waals surface area contributed by atoms with Gasteiger partial charge in [-0.2, -0.15) is 13.2 Å². The highest BCUT2D eigenvalue weighted by Crippen LogP contribution is 2.41. The molecule has 0 spiro atoms. The second-order valence-corrected chi connectivity index (χ2v) is 6.69. The van der Waals surface area contributed by atoms with E-state index in [1.54, 1.807) is 11.4 Å². The van der Waals surface area contributed by atoms with E-state index in [1.807, 2.05) is 0 Å². The van der Waals surface area contributed by atoms with Crippen LogP contribution in [0.5, 0.6) is 0 Å². The molecule has 3 rings (SSSR count). The maximum atomic E-state index is 14.0. The van der Waals surface area contributed by atoms with Gasteiger partial charge in [0, 0.05) is 18.9 Å². The van der Waals surface area contributed by atoms with Gasteiger partial charge in [0.15, 0.2) is 12.0 Å². The fourth-order valence-corrected chi connectivity index (χ4v) is 3.33. The lowest BCUT2D eigenvalue weighted by Crippen LogP contribution is -2.68. The smallest absolute Gasteiger partial charge is 0.394 e. The molecule has 1 aromatic rings. The lowest BCUT2D eigenvalue weighted by molar-refractivity contribution is -0.262. The molecule has 30 heavy (non-hydrogen) atoms. The molecule has 0 saturated carbocycles. The van der Waals surface area contributed by atoms with Crippen LogP contribution in [0.4, 0.5) is 18.0 Å². The number of benzene rings is 1. The summed E-state index contributed by atoms with van der Waals surface area (Å²) in [5.74, 6) is -1.09. The highest BCUT2D eigenvalue weighted by molar-refractivity contribution is 6.11. The molecule has 2 amide bonds. The third kappa shape index (κ3) is 3.46. The number of methoxy groups -OCH3 is 1. The van der Waals surface area contributed by atoms with Crippen LogP contribution in [0.15, 0.2) is 42.1 Å². The zero-order valence-corrected chi connectivity index (χ0v) is 15.5. The Kier molecular flexibility index (Phi) is 5.89. The molecule has 1 unspecified atom stereocenters. The first kappa shape index (κ1) is 22.2. The number of amides is 2. The van der Waals surface area contributed by atoms with E-state index in [1.165, 1.54) is 24.3 Å². The van der Waals surface area contributed by atoms with E-state index in [2.05, 4.69) is 4.74 Å². The lowest BCUT2D eigenvalue weighted by Gasteiger charge is -2.42. The first-order valence-electron chi connectivity index (χ1n) is 8.74. The van der Waals surface area contributed by atoms with Gasteiger partial charge in [-0.05, 0) is 0 Å². The highest BCUT2D eigenvalue weighted by atomic mass is 19.4. The molecule has 12 heteroatoms. The van der Waals surface area contributed by atoms with Crippen molar-refractivity contribution in [2.45, 2.75) is 36.4 Å². The predicted molar refractivity (Wildman–Crippen MR) is 92.8 cm³/mol. The molecule has 1 fully saturated rings. The standard InChI is InChI=1S/C18H19F3N2O7/c1-29-17(18(19,20)21)10(12(25)9-5-3-2-4-6-9)7-23(16(28)22-17)15-14(27)13(26)11(8-24)30-15/h2-7,11,13-15,24,26-27H,8H2,1H3,(H,22,28)/t11-,13-,14-,15-,17?/m1/s1. The quantitative estimate of drug-likeness (QED) is 0.487. The maximum Gasteiger partial charge on any atom is 0.441 e. The Hall–Kier alpha value is -2.51. The van der Waals surface area contributed by atoms with Gasteiger partial charge in [0.05, 0.1) is 12.2 Å². The van der Waals surface area contributed by atoms with Gasteiger partial charge < -0.3 is 24.8 Å². The van der Waals surface area contributed by atoms with Gasteiger partial charge in [-0.15, -0.1) is 0 Å². The maximum absolute atomic E-state index is 14.0. The summed E-state index contributed by atoms with van der Waals surface area (Å²) >= 11 is 0. The van der Waals surface area contributed by atoms with Crippen LogP contribution >= 0.6 is 0 Å². The average molecular weight is 432 g/mol. The summed E-state index contributed by atoms with van der Waals surface area (Å²) in [7, 11) is 0.683. The Morgan fingerprint density at radius 1 is 1.27 bits per heavy atom. The number of Topliss-reactive ketones (excluding diaryl/α,β-unsaturated/α-hetero) is 1. The number of rotatable bonds is 5. The van der Waals surface area contributed by atoms with Crippen LogP contribution in [0.3, 0.4) is 0 Å². The minimum Gasteiger partial charge on any atom is -0.394 e. The van der Waals surface area contributed by atoms with Gasteiger partial charge in [0.25, 0.3) is 5.72 Å².